The number of aryl methyl sites for hydroxylation is 2. The van der Waals surface area contributed by atoms with Crippen LogP contribution in [0, 0.1) is 13.8 Å². The van der Waals surface area contributed by atoms with E-state index in [1.165, 1.54) is 5.56 Å². The summed E-state index contributed by atoms with van der Waals surface area (Å²) in [6.45, 7) is 12.3. The van der Waals surface area contributed by atoms with Crippen LogP contribution in [0.5, 0.6) is 11.5 Å². The number of allylic oxidation sites excluding steroid dienone is 1. The Bertz CT molecular complexity index is 1090. The average molecular weight is 467 g/mol. The van der Waals surface area contributed by atoms with Gasteiger partial charge in [0.2, 0.25) is 0 Å². The number of esters is 1. The summed E-state index contributed by atoms with van der Waals surface area (Å²) in [6, 6.07) is 10.7. The molecule has 1 aliphatic heterocycles. The van der Waals surface area contributed by atoms with Crippen molar-refractivity contribution in [1.82, 2.24) is 10.6 Å². The van der Waals surface area contributed by atoms with Gasteiger partial charge in [-0.25, -0.2) is 9.59 Å². The second-order valence-electron chi connectivity index (χ2n) is 8.59. The number of ether oxygens (including phenoxy) is 3. The van der Waals surface area contributed by atoms with E-state index in [9.17, 15) is 9.59 Å². The van der Waals surface area contributed by atoms with Gasteiger partial charge in [-0.1, -0.05) is 36.8 Å². The van der Waals surface area contributed by atoms with E-state index in [4.69, 9.17) is 14.2 Å². The molecule has 1 unspecified atom stereocenters. The molecule has 182 valence electrons. The van der Waals surface area contributed by atoms with Crippen molar-refractivity contribution in [2.75, 3.05) is 6.61 Å². The number of hydrogen-bond acceptors (Lipinski definition) is 5. The van der Waals surface area contributed by atoms with E-state index in [1.54, 1.807) is 13.8 Å². The summed E-state index contributed by atoms with van der Waals surface area (Å²) in [5.74, 6) is 0.683. The first-order valence-corrected chi connectivity index (χ1v) is 11.7. The highest BCUT2D eigenvalue weighted by molar-refractivity contribution is 5.95. The lowest BCUT2D eigenvalue weighted by Gasteiger charge is -2.30. The van der Waals surface area contributed by atoms with Crippen molar-refractivity contribution in [1.29, 1.82) is 0 Å². The van der Waals surface area contributed by atoms with Crippen LogP contribution in [-0.4, -0.2) is 24.7 Å². The molecule has 0 aliphatic carbocycles. The second-order valence-corrected chi connectivity index (χ2v) is 8.59. The molecule has 0 aromatic heterocycles. The molecular weight excluding hydrogens is 432 g/mol. The number of benzene rings is 2. The number of nitrogens with one attached hydrogen (secondary N) is 2. The minimum atomic E-state index is -0.665. The van der Waals surface area contributed by atoms with E-state index < -0.39 is 12.0 Å². The molecular formula is C27H34N2O5. The van der Waals surface area contributed by atoms with Gasteiger partial charge in [-0.15, -0.1) is 0 Å². The van der Waals surface area contributed by atoms with Crippen LogP contribution in [0.3, 0.4) is 0 Å². The minimum Gasteiger partial charge on any atom is -0.490 e. The summed E-state index contributed by atoms with van der Waals surface area (Å²) < 4.78 is 17.5. The molecule has 0 fully saturated rings. The van der Waals surface area contributed by atoms with Gasteiger partial charge in [0, 0.05) is 5.70 Å². The average Bonchev–Trinajstić information content (AvgIpc) is 2.79. The van der Waals surface area contributed by atoms with Crippen molar-refractivity contribution in [3.05, 3.63) is 69.9 Å². The number of carbonyl (C=O) groups is 2. The van der Waals surface area contributed by atoms with Gasteiger partial charge in [-0.05, 0) is 69.9 Å². The van der Waals surface area contributed by atoms with Crippen molar-refractivity contribution >= 4 is 12.0 Å². The Labute approximate surface area is 201 Å². The van der Waals surface area contributed by atoms with Crippen LogP contribution >= 0.6 is 0 Å². The lowest BCUT2D eigenvalue weighted by atomic mass is 9.94. The fourth-order valence-electron chi connectivity index (χ4n) is 3.87. The first-order chi connectivity index (χ1) is 16.2. The predicted octanol–water partition coefficient (Wildman–Crippen LogP) is 5.25. The Kier molecular flexibility index (Phi) is 8.21. The molecule has 0 bridgehead atoms. The van der Waals surface area contributed by atoms with Crippen molar-refractivity contribution in [3.8, 4) is 11.5 Å². The molecule has 0 spiro atoms. The Morgan fingerprint density at radius 2 is 1.79 bits per heavy atom. The molecule has 0 saturated carbocycles. The minimum absolute atomic E-state index is 0.281. The van der Waals surface area contributed by atoms with Gasteiger partial charge in [0.25, 0.3) is 0 Å². The largest absolute Gasteiger partial charge is 0.490 e. The standard InChI is InChI=1S/C27H34N2O5/c1-7-21-24(26(30)34-16(3)4)25(29-27(31)28-21)19-11-12-22(23(14-19)32-8-2)33-15-20-13-17(5)9-10-18(20)6/h9-14,16,25H,7-8,15H2,1-6H3,(H2,28,29,31). The molecule has 2 aromatic rings. The van der Waals surface area contributed by atoms with Gasteiger partial charge in [0.1, 0.15) is 6.61 Å². The fraction of sp³-hybridized carbons (Fsp3) is 0.407. The molecule has 1 heterocycles. The highest BCUT2D eigenvalue weighted by Crippen LogP contribution is 2.36. The molecule has 0 radical (unpaired) electrons. The van der Waals surface area contributed by atoms with E-state index in [0.29, 0.717) is 48.0 Å². The zero-order valence-corrected chi connectivity index (χ0v) is 20.8. The summed E-state index contributed by atoms with van der Waals surface area (Å²) in [6.07, 6.45) is 0.207. The summed E-state index contributed by atoms with van der Waals surface area (Å²) in [7, 11) is 0. The third kappa shape index (κ3) is 5.90. The van der Waals surface area contributed by atoms with E-state index in [0.717, 1.165) is 11.1 Å². The van der Waals surface area contributed by atoms with Crippen molar-refractivity contribution < 1.29 is 23.8 Å². The summed E-state index contributed by atoms with van der Waals surface area (Å²) in [5.41, 5.74) is 5.08. The van der Waals surface area contributed by atoms with Crippen LogP contribution in [0.1, 0.15) is 62.4 Å². The number of rotatable bonds is 9. The van der Waals surface area contributed by atoms with Crippen molar-refractivity contribution in [2.24, 2.45) is 0 Å². The molecule has 2 aromatic carbocycles. The maximum atomic E-state index is 12.9. The third-order valence-corrected chi connectivity index (χ3v) is 5.56. The number of urea groups is 1. The van der Waals surface area contributed by atoms with E-state index >= 15 is 0 Å². The van der Waals surface area contributed by atoms with Gasteiger partial charge in [-0.2, -0.15) is 0 Å². The molecule has 2 N–H and O–H groups in total. The van der Waals surface area contributed by atoms with Crippen LogP contribution < -0.4 is 20.1 Å². The van der Waals surface area contributed by atoms with Crippen LogP contribution in [0.15, 0.2) is 47.7 Å². The normalized spacial score (nSPS) is 15.6. The van der Waals surface area contributed by atoms with Crippen LogP contribution in [0.4, 0.5) is 4.79 Å². The number of carbonyl (C=O) groups excluding carboxylic acids is 2. The molecule has 1 aliphatic rings. The number of hydrogen-bond donors (Lipinski definition) is 2. The molecule has 7 nitrogen and oxygen atoms in total. The lowest BCUT2D eigenvalue weighted by Crippen LogP contribution is -2.46. The summed E-state index contributed by atoms with van der Waals surface area (Å²) >= 11 is 0. The maximum Gasteiger partial charge on any atom is 0.338 e. The molecule has 7 heteroatoms. The Morgan fingerprint density at radius 1 is 1.03 bits per heavy atom. The van der Waals surface area contributed by atoms with Gasteiger partial charge in [-0.3, -0.25) is 0 Å². The van der Waals surface area contributed by atoms with Crippen molar-refractivity contribution in [2.45, 2.75) is 66.7 Å². The maximum absolute atomic E-state index is 12.9. The second kappa shape index (κ2) is 11.1. The highest BCUT2D eigenvalue weighted by Gasteiger charge is 2.34. The zero-order valence-electron chi connectivity index (χ0n) is 20.8. The summed E-state index contributed by atoms with van der Waals surface area (Å²) in [5, 5.41) is 5.60. The first-order valence-electron chi connectivity index (χ1n) is 11.7. The number of amides is 2. The first kappa shape index (κ1) is 25.1. The van der Waals surface area contributed by atoms with Gasteiger partial charge in [0.05, 0.1) is 24.3 Å². The van der Waals surface area contributed by atoms with E-state index in [-0.39, 0.29) is 12.1 Å². The van der Waals surface area contributed by atoms with Crippen LogP contribution in [-0.2, 0) is 16.1 Å². The molecule has 2 amide bonds. The quantitative estimate of drug-likeness (QED) is 0.493. The molecule has 3 rings (SSSR count). The van der Waals surface area contributed by atoms with E-state index in [1.807, 2.05) is 32.0 Å². The Morgan fingerprint density at radius 3 is 2.47 bits per heavy atom. The predicted molar refractivity (Wildman–Crippen MR) is 131 cm³/mol. The molecule has 0 saturated heterocycles. The van der Waals surface area contributed by atoms with Gasteiger partial charge < -0.3 is 24.8 Å². The van der Waals surface area contributed by atoms with Crippen LogP contribution in [0.2, 0.25) is 0 Å². The monoisotopic (exact) mass is 466 g/mol. The van der Waals surface area contributed by atoms with Crippen molar-refractivity contribution in [3.63, 3.8) is 0 Å². The third-order valence-electron chi connectivity index (χ3n) is 5.56. The SMILES string of the molecule is CCOc1cc(C2NC(=O)NC(CC)=C2C(=O)OC(C)C)ccc1OCc1cc(C)ccc1C. The van der Waals surface area contributed by atoms with E-state index in [2.05, 4.69) is 42.7 Å². The highest BCUT2D eigenvalue weighted by atomic mass is 16.5. The Balaban J connectivity index is 1.95. The fourth-order valence-corrected chi connectivity index (χ4v) is 3.87. The lowest BCUT2D eigenvalue weighted by molar-refractivity contribution is -0.143. The zero-order chi connectivity index (χ0) is 24.8. The molecule has 34 heavy (non-hydrogen) atoms. The van der Waals surface area contributed by atoms with Gasteiger partial charge >= 0.3 is 12.0 Å². The van der Waals surface area contributed by atoms with Crippen LogP contribution in [0.25, 0.3) is 0 Å². The smallest absolute Gasteiger partial charge is 0.338 e. The summed E-state index contributed by atoms with van der Waals surface area (Å²) in [4.78, 5) is 25.3. The topological polar surface area (TPSA) is 85.9 Å². The Hall–Kier alpha value is -3.48. The molecule has 1 atom stereocenters. The van der Waals surface area contributed by atoms with Gasteiger partial charge in [0.15, 0.2) is 11.5 Å².